The average Bonchev–Trinajstić information content (AvgIpc) is 2.12. The average molecular weight is 207 g/mol. The monoisotopic (exact) mass is 206 g/mol. The Bertz CT molecular complexity index is 168. The van der Waals surface area contributed by atoms with Crippen LogP contribution >= 0.6 is 11.6 Å². The van der Waals surface area contributed by atoms with Gasteiger partial charge in [0, 0.05) is 12.3 Å². The van der Waals surface area contributed by atoms with Crippen LogP contribution in [0, 0.1) is 0 Å². The molecule has 0 radical (unpaired) electrons. The lowest BCUT2D eigenvalue weighted by molar-refractivity contribution is -0.153. The van der Waals surface area contributed by atoms with Crippen molar-refractivity contribution in [3.63, 3.8) is 0 Å². The Hall–Kier alpha value is -0.570. The molecule has 0 rings (SSSR count). The Kier molecular flexibility index (Phi) is 7.69. The highest BCUT2D eigenvalue weighted by molar-refractivity contribution is 6.33. The third-order valence-corrected chi connectivity index (χ3v) is 1.81. The minimum Gasteiger partial charge on any atom is -0.460 e. The second-order valence-electron chi connectivity index (χ2n) is 2.64. The summed E-state index contributed by atoms with van der Waals surface area (Å²) >= 11 is 5.45. The molecule has 0 aliphatic heterocycles. The van der Waals surface area contributed by atoms with Gasteiger partial charge in [0.05, 0.1) is 6.61 Å². The lowest BCUT2D eigenvalue weighted by Gasteiger charge is -1.99. The van der Waals surface area contributed by atoms with Gasteiger partial charge >= 0.3 is 5.97 Å². The Morgan fingerprint density at radius 1 is 1.23 bits per heavy atom. The fourth-order valence-electron chi connectivity index (χ4n) is 0.870. The highest BCUT2D eigenvalue weighted by atomic mass is 35.5. The highest BCUT2D eigenvalue weighted by Crippen LogP contribution is 2.02. The van der Waals surface area contributed by atoms with E-state index in [0.717, 1.165) is 12.8 Å². The van der Waals surface area contributed by atoms with Gasteiger partial charge in [0.2, 0.25) is 5.78 Å². The Morgan fingerprint density at radius 3 is 2.46 bits per heavy atom. The number of halogens is 1. The summed E-state index contributed by atoms with van der Waals surface area (Å²) in [5.74, 6) is -0.544. The van der Waals surface area contributed by atoms with Crippen LogP contribution in [0.1, 0.15) is 32.6 Å². The van der Waals surface area contributed by atoms with Crippen molar-refractivity contribution in [3.05, 3.63) is 0 Å². The Labute approximate surface area is 83.4 Å². The van der Waals surface area contributed by atoms with Crippen LogP contribution in [0.5, 0.6) is 0 Å². The molecule has 0 spiro atoms. The van der Waals surface area contributed by atoms with Gasteiger partial charge in [-0.2, -0.15) is 0 Å². The molecule has 0 aromatic rings. The number of unbranched alkanes of at least 4 members (excludes halogenated alkanes) is 2. The minimum atomic E-state index is -0.714. The largest absolute Gasteiger partial charge is 0.460 e. The molecule has 0 amide bonds. The van der Waals surface area contributed by atoms with Crippen molar-refractivity contribution >= 4 is 23.4 Å². The van der Waals surface area contributed by atoms with Crippen molar-refractivity contribution < 1.29 is 14.3 Å². The number of esters is 1. The maximum atomic E-state index is 11.0. The van der Waals surface area contributed by atoms with E-state index in [0.29, 0.717) is 12.3 Å². The van der Waals surface area contributed by atoms with Crippen molar-refractivity contribution in [1.29, 1.82) is 0 Å². The van der Waals surface area contributed by atoms with Crippen molar-refractivity contribution in [1.82, 2.24) is 0 Å². The maximum absolute atomic E-state index is 11.0. The predicted octanol–water partition coefficient (Wildman–Crippen LogP) is 1.92. The number of Topliss-reactive ketones (excluding diaryl/α,β-unsaturated/α-hetero) is 1. The Morgan fingerprint density at radius 2 is 1.92 bits per heavy atom. The molecule has 0 aromatic heterocycles. The number of carbonyl (C=O) groups is 2. The first-order chi connectivity index (χ1) is 6.22. The molecule has 0 N–H and O–H groups in total. The number of ketones is 1. The molecule has 0 aliphatic carbocycles. The van der Waals surface area contributed by atoms with Gasteiger partial charge < -0.3 is 4.74 Å². The SMILES string of the molecule is CCOC(=O)C(=O)CCCCCCl. The number of hydrogen-bond donors (Lipinski definition) is 0. The van der Waals surface area contributed by atoms with E-state index in [1.165, 1.54) is 0 Å². The van der Waals surface area contributed by atoms with Crippen LogP contribution in [0.15, 0.2) is 0 Å². The molecule has 4 heteroatoms. The highest BCUT2D eigenvalue weighted by Gasteiger charge is 2.13. The molecule has 0 aromatic carbocycles. The van der Waals surface area contributed by atoms with E-state index in [9.17, 15) is 9.59 Å². The zero-order valence-corrected chi connectivity index (χ0v) is 8.60. The fourth-order valence-corrected chi connectivity index (χ4v) is 1.06. The Balaban J connectivity index is 3.44. The number of alkyl halides is 1. The van der Waals surface area contributed by atoms with Crippen LogP contribution in [-0.4, -0.2) is 24.2 Å². The molecule has 0 saturated heterocycles. The summed E-state index contributed by atoms with van der Waals surface area (Å²) in [6, 6.07) is 0. The first-order valence-electron chi connectivity index (χ1n) is 4.48. The molecule has 0 fully saturated rings. The first kappa shape index (κ1) is 12.4. The number of rotatable bonds is 7. The summed E-state index contributed by atoms with van der Waals surface area (Å²) in [7, 11) is 0. The minimum absolute atomic E-state index is 0.256. The van der Waals surface area contributed by atoms with E-state index in [2.05, 4.69) is 4.74 Å². The second kappa shape index (κ2) is 8.05. The molecular weight excluding hydrogens is 192 g/mol. The molecule has 76 valence electrons. The van der Waals surface area contributed by atoms with Gasteiger partial charge in [-0.3, -0.25) is 4.79 Å². The van der Waals surface area contributed by atoms with Gasteiger partial charge in [-0.15, -0.1) is 11.6 Å². The number of hydrogen-bond acceptors (Lipinski definition) is 3. The van der Waals surface area contributed by atoms with Gasteiger partial charge in [-0.1, -0.05) is 6.42 Å². The summed E-state index contributed by atoms with van der Waals surface area (Å²) < 4.78 is 4.55. The molecule has 0 heterocycles. The first-order valence-corrected chi connectivity index (χ1v) is 5.01. The standard InChI is InChI=1S/C9H15ClO3/c1-2-13-9(12)8(11)6-4-3-5-7-10/h2-7H2,1H3. The summed E-state index contributed by atoms with van der Waals surface area (Å²) in [5.41, 5.74) is 0. The van der Waals surface area contributed by atoms with E-state index in [4.69, 9.17) is 11.6 Å². The zero-order valence-electron chi connectivity index (χ0n) is 7.85. The molecule has 0 unspecified atom stereocenters. The number of ether oxygens (including phenoxy) is 1. The molecule has 0 bridgehead atoms. The van der Waals surface area contributed by atoms with Crippen LogP contribution in [-0.2, 0) is 14.3 Å². The van der Waals surface area contributed by atoms with Gasteiger partial charge in [0.25, 0.3) is 0 Å². The van der Waals surface area contributed by atoms with E-state index in [1.807, 2.05) is 0 Å². The quantitative estimate of drug-likeness (QED) is 0.277. The topological polar surface area (TPSA) is 43.4 Å². The van der Waals surface area contributed by atoms with Gasteiger partial charge in [-0.25, -0.2) is 4.79 Å². The van der Waals surface area contributed by atoms with Crippen molar-refractivity contribution in [3.8, 4) is 0 Å². The lowest BCUT2D eigenvalue weighted by Crippen LogP contribution is -2.16. The summed E-state index contributed by atoms with van der Waals surface area (Å²) in [5, 5.41) is 0. The van der Waals surface area contributed by atoms with Gasteiger partial charge in [0.1, 0.15) is 0 Å². The van der Waals surface area contributed by atoms with Crippen molar-refractivity contribution in [2.75, 3.05) is 12.5 Å². The van der Waals surface area contributed by atoms with Crippen LogP contribution in [0.2, 0.25) is 0 Å². The summed E-state index contributed by atoms with van der Waals surface area (Å²) in [6.45, 7) is 1.94. The van der Waals surface area contributed by atoms with Crippen LogP contribution in [0.4, 0.5) is 0 Å². The molecule has 3 nitrogen and oxygen atoms in total. The second-order valence-corrected chi connectivity index (χ2v) is 3.02. The van der Waals surface area contributed by atoms with E-state index < -0.39 is 11.8 Å². The molecule has 13 heavy (non-hydrogen) atoms. The molecule has 0 aliphatic rings. The van der Waals surface area contributed by atoms with Crippen LogP contribution in [0.25, 0.3) is 0 Å². The summed E-state index contributed by atoms with van der Waals surface area (Å²) in [4.78, 5) is 21.8. The normalized spacial score (nSPS) is 9.69. The zero-order chi connectivity index (χ0) is 10.1. The van der Waals surface area contributed by atoms with Crippen LogP contribution in [0.3, 0.4) is 0 Å². The molecular formula is C9H15ClO3. The number of carbonyl (C=O) groups excluding carboxylic acids is 2. The van der Waals surface area contributed by atoms with Gasteiger partial charge in [-0.05, 0) is 19.8 Å². The van der Waals surface area contributed by atoms with Gasteiger partial charge in [0.15, 0.2) is 0 Å². The van der Waals surface area contributed by atoms with E-state index >= 15 is 0 Å². The van der Waals surface area contributed by atoms with E-state index in [1.54, 1.807) is 6.92 Å². The third kappa shape index (κ3) is 6.58. The van der Waals surface area contributed by atoms with Crippen molar-refractivity contribution in [2.24, 2.45) is 0 Å². The fraction of sp³-hybridized carbons (Fsp3) is 0.778. The van der Waals surface area contributed by atoms with E-state index in [-0.39, 0.29) is 13.0 Å². The third-order valence-electron chi connectivity index (χ3n) is 1.54. The maximum Gasteiger partial charge on any atom is 0.374 e. The lowest BCUT2D eigenvalue weighted by atomic mass is 10.1. The smallest absolute Gasteiger partial charge is 0.374 e. The van der Waals surface area contributed by atoms with Crippen molar-refractivity contribution in [2.45, 2.75) is 32.6 Å². The molecule has 0 atom stereocenters. The van der Waals surface area contributed by atoms with Crippen LogP contribution < -0.4 is 0 Å². The molecule has 0 saturated carbocycles. The summed E-state index contributed by atoms with van der Waals surface area (Å²) in [6.07, 6.45) is 2.76. The predicted molar refractivity (Wildman–Crippen MR) is 50.8 cm³/mol.